The Bertz CT molecular complexity index is 715. The van der Waals surface area contributed by atoms with Crippen LogP contribution >= 0.6 is 0 Å². The molecule has 0 aliphatic carbocycles. The fourth-order valence-corrected chi connectivity index (χ4v) is 2.76. The maximum Gasteiger partial charge on any atom is 0.255 e. The molecule has 1 aliphatic heterocycles. The van der Waals surface area contributed by atoms with E-state index in [1.54, 1.807) is 12.3 Å². The lowest BCUT2D eigenvalue weighted by molar-refractivity contribution is 0.0528. The molecule has 1 atom stereocenters. The second-order valence-electron chi connectivity index (χ2n) is 5.59. The monoisotopic (exact) mass is 301 g/mol. The highest BCUT2D eigenvalue weighted by Crippen LogP contribution is 2.23. The van der Waals surface area contributed by atoms with Gasteiger partial charge in [0.15, 0.2) is 0 Å². The van der Waals surface area contributed by atoms with Gasteiger partial charge >= 0.3 is 0 Å². The summed E-state index contributed by atoms with van der Waals surface area (Å²) in [6.07, 6.45) is 5.15. The van der Waals surface area contributed by atoms with Gasteiger partial charge in [0.2, 0.25) is 5.56 Å². The Balaban J connectivity index is 1.81. The highest BCUT2D eigenvalue weighted by atomic mass is 16.2. The molecule has 0 unspecified atom stereocenters. The van der Waals surface area contributed by atoms with Crippen molar-refractivity contribution in [2.24, 2.45) is 7.05 Å². The van der Waals surface area contributed by atoms with Crippen molar-refractivity contribution in [1.29, 1.82) is 0 Å². The summed E-state index contributed by atoms with van der Waals surface area (Å²) in [6.45, 7) is 2.03. The van der Waals surface area contributed by atoms with E-state index < -0.39 is 0 Å². The number of carbonyl (C=O) groups excluding carboxylic acids is 1. The van der Waals surface area contributed by atoms with Crippen LogP contribution in [0.2, 0.25) is 0 Å². The molecular formula is C15H19N5O2. The van der Waals surface area contributed by atoms with Crippen molar-refractivity contribution < 1.29 is 4.79 Å². The van der Waals surface area contributed by atoms with Gasteiger partial charge in [0.05, 0.1) is 11.6 Å². The highest BCUT2D eigenvalue weighted by Gasteiger charge is 2.31. The van der Waals surface area contributed by atoms with Crippen LogP contribution in [0.3, 0.4) is 0 Å². The minimum Gasteiger partial charge on any atom is -0.337 e. The molecule has 0 bridgehead atoms. The summed E-state index contributed by atoms with van der Waals surface area (Å²) >= 11 is 0. The van der Waals surface area contributed by atoms with Crippen LogP contribution in [0.1, 0.15) is 22.2 Å². The number of piperazine rings is 1. The van der Waals surface area contributed by atoms with Crippen molar-refractivity contribution in [2.45, 2.75) is 6.04 Å². The molecule has 7 nitrogen and oxygen atoms in total. The maximum atomic E-state index is 12.6. The fraction of sp³-hybridized carbons (Fsp3) is 0.400. The Morgan fingerprint density at radius 3 is 2.77 bits per heavy atom. The van der Waals surface area contributed by atoms with Gasteiger partial charge in [-0.15, -0.1) is 0 Å². The summed E-state index contributed by atoms with van der Waals surface area (Å²) in [4.78, 5) is 34.7. The minimum atomic E-state index is -0.208. The third-order valence-corrected chi connectivity index (χ3v) is 4.12. The van der Waals surface area contributed by atoms with Crippen LogP contribution in [0.4, 0.5) is 0 Å². The minimum absolute atomic E-state index is 0.0661. The number of nitrogens with one attached hydrogen (secondary N) is 1. The molecule has 2 aromatic heterocycles. The normalized spacial score (nSPS) is 19.4. The van der Waals surface area contributed by atoms with E-state index in [0.717, 1.165) is 12.4 Å². The molecule has 1 N–H and O–H groups in total. The van der Waals surface area contributed by atoms with E-state index >= 15 is 0 Å². The average Bonchev–Trinajstić information content (AvgIpc) is 2.94. The van der Waals surface area contributed by atoms with Crippen LogP contribution in [0.25, 0.3) is 0 Å². The number of rotatable bonds is 2. The van der Waals surface area contributed by atoms with Crippen molar-refractivity contribution in [2.75, 3.05) is 26.7 Å². The van der Waals surface area contributed by atoms with Gasteiger partial charge < -0.3 is 14.5 Å². The van der Waals surface area contributed by atoms with Crippen LogP contribution in [-0.4, -0.2) is 56.9 Å². The molecule has 1 amide bonds. The van der Waals surface area contributed by atoms with Crippen LogP contribution in [-0.2, 0) is 7.05 Å². The molecule has 116 valence electrons. The lowest BCUT2D eigenvalue weighted by Gasteiger charge is -2.39. The van der Waals surface area contributed by atoms with Gasteiger partial charge in [-0.25, -0.2) is 4.98 Å². The lowest BCUT2D eigenvalue weighted by Crippen LogP contribution is -2.49. The van der Waals surface area contributed by atoms with Gasteiger partial charge in [-0.05, 0) is 13.1 Å². The zero-order valence-corrected chi connectivity index (χ0v) is 12.7. The molecule has 0 radical (unpaired) electrons. The van der Waals surface area contributed by atoms with Crippen LogP contribution < -0.4 is 5.56 Å². The number of aromatic amines is 1. The number of aryl methyl sites for hydroxylation is 1. The number of amides is 1. The number of hydrogen-bond acceptors (Lipinski definition) is 4. The standard InChI is InChI=1S/C15H19N5O2/c1-18-7-8-20(10-12(18)14-16-5-6-19(14)2)15(22)11-3-4-13(21)17-9-11/h3-6,9,12H,7-8,10H2,1-2H3,(H,17,21)/t12-/m1/s1. The quantitative estimate of drug-likeness (QED) is 0.862. The smallest absolute Gasteiger partial charge is 0.255 e. The van der Waals surface area contributed by atoms with E-state index in [1.807, 2.05) is 29.8 Å². The number of pyridine rings is 1. The Morgan fingerprint density at radius 1 is 1.32 bits per heavy atom. The summed E-state index contributed by atoms with van der Waals surface area (Å²) in [7, 11) is 4.00. The van der Waals surface area contributed by atoms with Crippen LogP contribution in [0.15, 0.2) is 35.5 Å². The molecule has 1 aliphatic rings. The third-order valence-electron chi connectivity index (χ3n) is 4.12. The molecule has 0 saturated carbocycles. The molecule has 7 heteroatoms. The first-order valence-electron chi connectivity index (χ1n) is 7.22. The number of nitrogens with zero attached hydrogens (tertiary/aromatic N) is 4. The Morgan fingerprint density at radius 2 is 2.14 bits per heavy atom. The molecule has 22 heavy (non-hydrogen) atoms. The number of carbonyl (C=O) groups is 1. The predicted octanol–water partition coefficient (Wildman–Crippen LogP) is 0.237. The number of imidazole rings is 1. The van der Waals surface area contributed by atoms with Crippen LogP contribution in [0.5, 0.6) is 0 Å². The van der Waals surface area contributed by atoms with Gasteiger partial charge in [0.25, 0.3) is 5.91 Å². The number of hydrogen-bond donors (Lipinski definition) is 1. The molecule has 0 aromatic carbocycles. The topological polar surface area (TPSA) is 74.2 Å². The van der Waals surface area contributed by atoms with E-state index in [0.29, 0.717) is 18.7 Å². The zero-order valence-electron chi connectivity index (χ0n) is 12.7. The van der Waals surface area contributed by atoms with Crippen molar-refractivity contribution in [3.05, 3.63) is 52.5 Å². The zero-order chi connectivity index (χ0) is 15.7. The van der Waals surface area contributed by atoms with E-state index in [1.165, 1.54) is 12.3 Å². The van der Waals surface area contributed by atoms with Crippen molar-refractivity contribution in [1.82, 2.24) is 24.3 Å². The van der Waals surface area contributed by atoms with Gasteiger partial charge in [-0.2, -0.15) is 0 Å². The number of aromatic nitrogens is 3. The lowest BCUT2D eigenvalue weighted by atomic mass is 10.1. The molecule has 2 aromatic rings. The SMILES string of the molecule is CN1CCN(C(=O)c2ccc(=O)[nH]c2)C[C@@H]1c1nccn1C. The van der Waals surface area contributed by atoms with E-state index in [9.17, 15) is 9.59 Å². The first-order chi connectivity index (χ1) is 10.6. The van der Waals surface area contributed by atoms with Crippen molar-refractivity contribution in [3.8, 4) is 0 Å². The Kier molecular flexibility index (Phi) is 3.81. The molecular weight excluding hydrogens is 282 g/mol. The predicted molar refractivity (Wildman–Crippen MR) is 81.5 cm³/mol. The first-order valence-corrected chi connectivity index (χ1v) is 7.22. The molecule has 3 rings (SSSR count). The van der Waals surface area contributed by atoms with Gasteiger partial charge in [-0.3, -0.25) is 14.5 Å². The van der Waals surface area contributed by atoms with E-state index in [2.05, 4.69) is 14.9 Å². The summed E-state index contributed by atoms with van der Waals surface area (Å²) in [5, 5.41) is 0. The summed E-state index contributed by atoms with van der Waals surface area (Å²) in [5.41, 5.74) is 0.295. The summed E-state index contributed by atoms with van der Waals surface area (Å²) in [5.74, 6) is 0.880. The fourth-order valence-electron chi connectivity index (χ4n) is 2.76. The Labute approximate surface area is 128 Å². The molecule has 1 saturated heterocycles. The van der Waals surface area contributed by atoms with Crippen LogP contribution in [0, 0.1) is 0 Å². The molecule has 1 fully saturated rings. The first kappa shape index (κ1) is 14.5. The Hall–Kier alpha value is -2.41. The highest BCUT2D eigenvalue weighted by molar-refractivity contribution is 5.94. The molecule has 0 spiro atoms. The van der Waals surface area contributed by atoms with E-state index in [4.69, 9.17) is 0 Å². The second kappa shape index (κ2) is 5.76. The second-order valence-corrected chi connectivity index (χ2v) is 5.59. The van der Waals surface area contributed by atoms with Gasteiger partial charge in [-0.1, -0.05) is 0 Å². The largest absolute Gasteiger partial charge is 0.337 e. The third kappa shape index (κ3) is 2.67. The maximum absolute atomic E-state index is 12.6. The van der Waals surface area contributed by atoms with Crippen molar-refractivity contribution >= 4 is 5.91 Å². The summed E-state index contributed by atoms with van der Waals surface area (Å²) in [6, 6.07) is 3.01. The van der Waals surface area contributed by atoms with Crippen molar-refractivity contribution in [3.63, 3.8) is 0 Å². The van der Waals surface area contributed by atoms with E-state index in [-0.39, 0.29) is 17.5 Å². The number of H-pyrrole nitrogens is 1. The molecule has 3 heterocycles. The van der Waals surface area contributed by atoms with Gasteiger partial charge in [0.1, 0.15) is 5.82 Å². The van der Waals surface area contributed by atoms with Gasteiger partial charge in [0, 0.05) is 51.3 Å². The number of likely N-dealkylation sites (N-methyl/N-ethyl adjacent to an activating group) is 1. The average molecular weight is 301 g/mol. The summed E-state index contributed by atoms with van der Waals surface area (Å²) < 4.78 is 1.98.